The first-order chi connectivity index (χ1) is 12.9. The molecule has 5 nitrogen and oxygen atoms in total. The van der Waals surface area contributed by atoms with Gasteiger partial charge >= 0.3 is 6.18 Å². The summed E-state index contributed by atoms with van der Waals surface area (Å²) >= 11 is 0. The summed E-state index contributed by atoms with van der Waals surface area (Å²) in [6.45, 7) is 2.25. The molecule has 1 aliphatic rings. The van der Waals surface area contributed by atoms with Crippen molar-refractivity contribution < 1.29 is 17.9 Å². The summed E-state index contributed by atoms with van der Waals surface area (Å²) in [5.41, 5.74) is 0.100. The quantitative estimate of drug-likeness (QED) is 0.747. The van der Waals surface area contributed by atoms with E-state index >= 15 is 0 Å². The number of benzene rings is 1. The highest BCUT2D eigenvalue weighted by Crippen LogP contribution is 2.37. The summed E-state index contributed by atoms with van der Waals surface area (Å²) in [5, 5.41) is 9.07. The number of halogens is 3. The average Bonchev–Trinajstić information content (AvgIpc) is 3.15. The van der Waals surface area contributed by atoms with Crippen LogP contribution in [0.5, 0.6) is 5.88 Å². The van der Waals surface area contributed by atoms with Crippen LogP contribution in [-0.4, -0.2) is 22.6 Å². The van der Waals surface area contributed by atoms with Gasteiger partial charge in [0.15, 0.2) is 0 Å². The Morgan fingerprint density at radius 2 is 2.04 bits per heavy atom. The largest absolute Gasteiger partial charge is 0.474 e. The van der Waals surface area contributed by atoms with E-state index in [0.29, 0.717) is 17.8 Å². The van der Waals surface area contributed by atoms with Crippen molar-refractivity contribution in [3.05, 3.63) is 41.6 Å². The lowest BCUT2D eigenvalue weighted by molar-refractivity contribution is -0.139. The van der Waals surface area contributed by atoms with E-state index in [1.165, 1.54) is 0 Å². The molecule has 0 bridgehead atoms. The fourth-order valence-corrected chi connectivity index (χ4v) is 3.12. The molecule has 1 heterocycles. The molecule has 0 unspecified atom stereocenters. The molecule has 1 saturated carbocycles. The van der Waals surface area contributed by atoms with Crippen molar-refractivity contribution in [2.45, 2.75) is 44.9 Å². The van der Waals surface area contributed by atoms with Crippen molar-refractivity contribution in [2.75, 3.05) is 11.4 Å². The normalized spacial score (nSPS) is 14.8. The minimum Gasteiger partial charge on any atom is -0.474 e. The topological polar surface area (TPSA) is 62.0 Å². The molecule has 3 rings (SSSR count). The first-order valence-corrected chi connectivity index (χ1v) is 8.81. The molecule has 0 saturated heterocycles. The van der Waals surface area contributed by atoms with Crippen molar-refractivity contribution in [3.63, 3.8) is 0 Å². The predicted octanol–water partition coefficient (Wildman–Crippen LogP) is 4.85. The fraction of sp³-hybridized carbons (Fsp3) is 0.421. The number of rotatable bonds is 5. The highest BCUT2D eigenvalue weighted by Gasteiger charge is 2.37. The zero-order valence-corrected chi connectivity index (χ0v) is 14.8. The lowest BCUT2D eigenvalue weighted by Crippen LogP contribution is -2.22. The highest BCUT2D eigenvalue weighted by atomic mass is 19.4. The van der Waals surface area contributed by atoms with Gasteiger partial charge in [0.25, 0.3) is 0 Å². The van der Waals surface area contributed by atoms with E-state index in [0.717, 1.165) is 31.9 Å². The Balaban J connectivity index is 1.99. The Labute approximate surface area is 155 Å². The Bertz CT molecular complexity index is 842. The standard InChI is InChI=1S/C19H19F3N4O/c1-2-26(14-7-5-6-13(10-14)11-23)18-24-12-16(19(20,21)22)17(25-18)27-15-8-3-4-9-15/h5-7,10,12,15H,2-4,8-9H2,1H3. The van der Waals surface area contributed by atoms with Crippen molar-refractivity contribution >= 4 is 11.6 Å². The van der Waals surface area contributed by atoms with Gasteiger partial charge in [-0.05, 0) is 50.8 Å². The fourth-order valence-electron chi connectivity index (χ4n) is 3.12. The summed E-state index contributed by atoms with van der Waals surface area (Å²) in [4.78, 5) is 9.65. The van der Waals surface area contributed by atoms with Gasteiger partial charge in [-0.25, -0.2) is 4.98 Å². The van der Waals surface area contributed by atoms with Crippen LogP contribution >= 0.6 is 0 Å². The van der Waals surface area contributed by atoms with E-state index in [1.807, 2.05) is 13.0 Å². The molecule has 0 N–H and O–H groups in total. The van der Waals surface area contributed by atoms with Gasteiger partial charge < -0.3 is 9.64 Å². The Morgan fingerprint density at radius 3 is 2.67 bits per heavy atom. The summed E-state index contributed by atoms with van der Waals surface area (Å²) in [7, 11) is 0. The van der Waals surface area contributed by atoms with Crippen molar-refractivity contribution in [2.24, 2.45) is 0 Å². The van der Waals surface area contributed by atoms with Gasteiger partial charge in [0, 0.05) is 18.4 Å². The molecule has 0 aliphatic heterocycles. The third kappa shape index (κ3) is 4.30. The zero-order chi connectivity index (χ0) is 19.4. The van der Waals surface area contributed by atoms with Gasteiger partial charge in [-0.2, -0.15) is 23.4 Å². The predicted molar refractivity (Wildman–Crippen MR) is 93.8 cm³/mol. The second-order valence-electron chi connectivity index (χ2n) is 6.32. The van der Waals surface area contributed by atoms with Crippen molar-refractivity contribution in [3.8, 4) is 11.9 Å². The third-order valence-corrected chi connectivity index (χ3v) is 4.47. The molecule has 2 aromatic rings. The summed E-state index contributed by atoms with van der Waals surface area (Å²) < 4.78 is 45.6. The van der Waals surface area contributed by atoms with E-state index in [4.69, 9.17) is 10.00 Å². The van der Waals surface area contributed by atoms with Crippen LogP contribution in [0.3, 0.4) is 0 Å². The number of hydrogen-bond donors (Lipinski definition) is 0. The Hall–Kier alpha value is -2.82. The van der Waals surface area contributed by atoms with Gasteiger partial charge in [-0.15, -0.1) is 0 Å². The number of anilines is 2. The molecule has 142 valence electrons. The first kappa shape index (κ1) is 19.0. The molecule has 8 heteroatoms. The monoisotopic (exact) mass is 376 g/mol. The van der Waals surface area contributed by atoms with Crippen molar-refractivity contribution in [1.29, 1.82) is 5.26 Å². The maximum absolute atomic E-state index is 13.3. The molecule has 1 aromatic heterocycles. The van der Waals surface area contributed by atoms with Crippen LogP contribution in [0.25, 0.3) is 0 Å². The SMILES string of the molecule is CCN(c1cccc(C#N)c1)c1ncc(C(F)(F)F)c(OC2CCCC2)n1. The molecule has 1 aromatic carbocycles. The minimum absolute atomic E-state index is 0.105. The first-order valence-electron chi connectivity index (χ1n) is 8.81. The maximum atomic E-state index is 13.3. The maximum Gasteiger partial charge on any atom is 0.423 e. The molecule has 27 heavy (non-hydrogen) atoms. The Morgan fingerprint density at radius 1 is 1.30 bits per heavy atom. The number of alkyl halides is 3. The van der Waals surface area contributed by atoms with Crippen LogP contribution in [0.1, 0.15) is 43.7 Å². The summed E-state index contributed by atoms with van der Waals surface area (Å²) in [6.07, 6.45) is -0.770. The van der Waals surface area contributed by atoms with Crippen LogP contribution in [0.15, 0.2) is 30.5 Å². The number of ether oxygens (including phenoxy) is 1. The van der Waals surface area contributed by atoms with Gasteiger partial charge in [-0.3, -0.25) is 0 Å². The lowest BCUT2D eigenvalue weighted by atomic mass is 10.2. The van der Waals surface area contributed by atoms with Crippen LogP contribution in [0.2, 0.25) is 0 Å². The number of nitrogens with zero attached hydrogens (tertiary/aromatic N) is 4. The zero-order valence-electron chi connectivity index (χ0n) is 14.8. The van der Waals surface area contributed by atoms with Gasteiger partial charge in [0.1, 0.15) is 11.7 Å². The Kier molecular flexibility index (Phi) is 5.49. The third-order valence-electron chi connectivity index (χ3n) is 4.47. The van der Waals surface area contributed by atoms with Gasteiger partial charge in [0.2, 0.25) is 11.8 Å². The van der Waals surface area contributed by atoms with Gasteiger partial charge in [-0.1, -0.05) is 6.07 Å². The van der Waals surface area contributed by atoms with Crippen LogP contribution < -0.4 is 9.64 Å². The average molecular weight is 376 g/mol. The highest BCUT2D eigenvalue weighted by molar-refractivity contribution is 5.60. The van der Waals surface area contributed by atoms with Gasteiger partial charge in [0.05, 0.1) is 11.6 Å². The molecule has 0 amide bonds. The molecular formula is C19H19F3N4O. The second-order valence-corrected chi connectivity index (χ2v) is 6.32. The van der Waals surface area contributed by atoms with Crippen LogP contribution in [0.4, 0.5) is 24.8 Å². The van der Waals surface area contributed by atoms with E-state index in [9.17, 15) is 13.2 Å². The van der Waals surface area contributed by atoms with E-state index < -0.39 is 17.6 Å². The molecule has 0 atom stereocenters. The molecule has 1 aliphatic carbocycles. The number of aromatic nitrogens is 2. The van der Waals surface area contributed by atoms with E-state index in [1.54, 1.807) is 29.2 Å². The van der Waals surface area contributed by atoms with E-state index in [-0.39, 0.29) is 12.1 Å². The minimum atomic E-state index is -4.59. The van der Waals surface area contributed by atoms with E-state index in [2.05, 4.69) is 9.97 Å². The second kappa shape index (κ2) is 7.82. The molecule has 0 spiro atoms. The van der Waals surface area contributed by atoms with Crippen molar-refractivity contribution in [1.82, 2.24) is 9.97 Å². The number of nitriles is 1. The summed E-state index contributed by atoms with van der Waals surface area (Å²) in [5.74, 6) is -0.331. The van der Waals surface area contributed by atoms with Crippen LogP contribution in [-0.2, 0) is 6.18 Å². The molecule has 1 fully saturated rings. The summed E-state index contributed by atoms with van der Waals surface area (Å²) in [6, 6.07) is 8.80. The number of hydrogen-bond acceptors (Lipinski definition) is 5. The smallest absolute Gasteiger partial charge is 0.423 e. The molecule has 0 radical (unpaired) electrons. The molecular weight excluding hydrogens is 357 g/mol. The van der Waals surface area contributed by atoms with Crippen LogP contribution in [0, 0.1) is 11.3 Å². The lowest BCUT2D eigenvalue weighted by Gasteiger charge is -2.23.